The van der Waals surface area contributed by atoms with E-state index in [1.807, 2.05) is 44.2 Å². The van der Waals surface area contributed by atoms with Crippen LogP contribution in [0, 0.1) is 13.8 Å². The van der Waals surface area contributed by atoms with E-state index in [9.17, 15) is 9.59 Å². The molecule has 0 radical (unpaired) electrons. The monoisotopic (exact) mass is 465 g/mol. The highest BCUT2D eigenvalue weighted by Gasteiger charge is 2.09. The van der Waals surface area contributed by atoms with Gasteiger partial charge in [-0.25, -0.2) is 0 Å². The fourth-order valence-electron chi connectivity index (χ4n) is 2.08. The molecule has 0 fully saturated rings. The van der Waals surface area contributed by atoms with E-state index in [1.54, 1.807) is 12.1 Å². The molecule has 0 heterocycles. The Morgan fingerprint density at radius 1 is 0.964 bits per heavy atom. The predicted octanol–water partition coefficient (Wildman–Crippen LogP) is 2.55. The summed E-state index contributed by atoms with van der Waals surface area (Å²) in [6.45, 7) is 3.45. The van der Waals surface area contributed by atoms with E-state index in [0.29, 0.717) is 11.5 Å². The van der Waals surface area contributed by atoms with Gasteiger partial charge in [-0.15, -0.1) is 0 Å². The number of hydrogen-bond donors (Lipinski definition) is 3. The molecule has 2 aromatic carbocycles. The smallest absolute Gasteiger partial charge is 0.276 e. The van der Waals surface area contributed by atoms with Crippen molar-refractivity contribution in [2.24, 2.45) is 0 Å². The second-order valence-electron chi connectivity index (χ2n) is 5.88. The van der Waals surface area contributed by atoms with Gasteiger partial charge in [0.25, 0.3) is 11.8 Å². The lowest BCUT2D eigenvalue weighted by molar-refractivity contribution is -0.124. The third kappa shape index (κ3) is 7.53. The van der Waals surface area contributed by atoms with Crippen molar-refractivity contribution in [2.45, 2.75) is 13.8 Å². The average Bonchev–Trinajstić information content (AvgIpc) is 2.64. The van der Waals surface area contributed by atoms with E-state index in [-0.39, 0.29) is 18.3 Å². The number of hydrazine groups is 1. The second kappa shape index (κ2) is 10.6. The molecule has 0 saturated carbocycles. The molecule has 0 aliphatic heterocycles. The first-order valence-corrected chi connectivity index (χ1v) is 9.50. The zero-order valence-electron chi connectivity index (χ0n) is 15.4. The molecule has 7 nitrogen and oxygen atoms in total. The van der Waals surface area contributed by atoms with Gasteiger partial charge in [0.1, 0.15) is 11.5 Å². The van der Waals surface area contributed by atoms with Crippen LogP contribution in [0.25, 0.3) is 0 Å². The van der Waals surface area contributed by atoms with Gasteiger partial charge >= 0.3 is 0 Å². The quantitative estimate of drug-likeness (QED) is 0.448. The van der Waals surface area contributed by atoms with Crippen molar-refractivity contribution in [3.05, 3.63) is 58.1 Å². The van der Waals surface area contributed by atoms with Gasteiger partial charge in [0.2, 0.25) is 0 Å². The van der Waals surface area contributed by atoms with Gasteiger partial charge in [-0.3, -0.25) is 25.8 Å². The largest absolute Gasteiger partial charge is 0.484 e. The SMILES string of the molecule is Cc1cccc(OCC(=O)NNC(=S)NC(=O)COc2ccc(C)cc2Br)c1. The molecule has 2 rings (SSSR count). The van der Waals surface area contributed by atoms with Gasteiger partial charge in [-0.05, 0) is 77.4 Å². The van der Waals surface area contributed by atoms with Gasteiger partial charge in [-0.1, -0.05) is 18.2 Å². The van der Waals surface area contributed by atoms with Crippen LogP contribution in [0.1, 0.15) is 11.1 Å². The molecule has 9 heteroatoms. The standard InChI is InChI=1S/C19H20BrN3O4S/c1-12-4-3-5-14(8-12)26-11-18(25)22-23-19(28)21-17(24)10-27-16-7-6-13(2)9-15(16)20/h3-9H,10-11H2,1-2H3,(H,22,25)(H2,21,23,24,28). The summed E-state index contributed by atoms with van der Waals surface area (Å²) in [4.78, 5) is 23.6. The third-order valence-electron chi connectivity index (χ3n) is 3.37. The minimum absolute atomic E-state index is 0.0551. The topological polar surface area (TPSA) is 88.7 Å². The normalized spacial score (nSPS) is 9.96. The first-order chi connectivity index (χ1) is 13.3. The molecule has 2 amide bonds. The number of thiocarbonyl (C=S) groups is 1. The van der Waals surface area contributed by atoms with Crippen LogP contribution in [-0.2, 0) is 9.59 Å². The Morgan fingerprint density at radius 3 is 2.39 bits per heavy atom. The zero-order chi connectivity index (χ0) is 20.5. The highest BCUT2D eigenvalue weighted by atomic mass is 79.9. The van der Waals surface area contributed by atoms with E-state index in [0.717, 1.165) is 15.6 Å². The van der Waals surface area contributed by atoms with Gasteiger partial charge < -0.3 is 9.47 Å². The van der Waals surface area contributed by atoms with Crippen LogP contribution in [0.4, 0.5) is 0 Å². The number of ether oxygens (including phenoxy) is 2. The van der Waals surface area contributed by atoms with Gasteiger partial charge in [0.15, 0.2) is 18.3 Å². The predicted molar refractivity (Wildman–Crippen MR) is 113 cm³/mol. The van der Waals surface area contributed by atoms with E-state index in [2.05, 4.69) is 32.1 Å². The molecule has 0 aliphatic rings. The molecule has 0 saturated heterocycles. The Hall–Kier alpha value is -2.65. The summed E-state index contributed by atoms with van der Waals surface area (Å²) in [5.41, 5.74) is 6.87. The lowest BCUT2D eigenvalue weighted by Crippen LogP contribution is -2.50. The Labute approximate surface area is 176 Å². The maximum absolute atomic E-state index is 11.9. The molecule has 0 bridgehead atoms. The number of aryl methyl sites for hydroxylation is 2. The molecule has 0 atom stereocenters. The highest BCUT2D eigenvalue weighted by Crippen LogP contribution is 2.25. The molecule has 0 aromatic heterocycles. The lowest BCUT2D eigenvalue weighted by atomic mass is 10.2. The zero-order valence-corrected chi connectivity index (χ0v) is 17.8. The van der Waals surface area contributed by atoms with Gasteiger partial charge in [-0.2, -0.15) is 0 Å². The molecule has 28 heavy (non-hydrogen) atoms. The lowest BCUT2D eigenvalue weighted by Gasteiger charge is -2.12. The maximum Gasteiger partial charge on any atom is 0.276 e. The van der Waals surface area contributed by atoms with E-state index >= 15 is 0 Å². The van der Waals surface area contributed by atoms with Crippen molar-refractivity contribution in [1.29, 1.82) is 0 Å². The number of carbonyl (C=O) groups excluding carboxylic acids is 2. The van der Waals surface area contributed by atoms with E-state index < -0.39 is 11.8 Å². The summed E-state index contributed by atoms with van der Waals surface area (Å²) in [6, 6.07) is 12.9. The summed E-state index contributed by atoms with van der Waals surface area (Å²) in [5, 5.41) is 2.35. The maximum atomic E-state index is 11.9. The van der Waals surface area contributed by atoms with Crippen LogP contribution in [0.3, 0.4) is 0 Å². The average molecular weight is 466 g/mol. The van der Waals surface area contributed by atoms with Crippen LogP contribution in [0.5, 0.6) is 11.5 Å². The van der Waals surface area contributed by atoms with Crippen molar-refractivity contribution in [3.8, 4) is 11.5 Å². The van der Waals surface area contributed by atoms with Gasteiger partial charge in [0, 0.05) is 0 Å². The first kappa shape index (κ1) is 21.6. The van der Waals surface area contributed by atoms with Crippen molar-refractivity contribution >= 4 is 45.1 Å². The Bertz CT molecular complexity index is 876. The molecule has 0 unspecified atom stereocenters. The number of hydrogen-bond acceptors (Lipinski definition) is 5. The summed E-state index contributed by atoms with van der Waals surface area (Å²) in [7, 11) is 0. The molecule has 148 valence electrons. The molecule has 0 spiro atoms. The molecular formula is C19H20BrN3O4S. The molecule has 2 aromatic rings. The molecule has 3 N–H and O–H groups in total. The van der Waals surface area contributed by atoms with Crippen molar-refractivity contribution in [3.63, 3.8) is 0 Å². The van der Waals surface area contributed by atoms with Gasteiger partial charge in [0.05, 0.1) is 4.47 Å². The van der Waals surface area contributed by atoms with Crippen molar-refractivity contribution in [1.82, 2.24) is 16.2 Å². The summed E-state index contributed by atoms with van der Waals surface area (Å²) >= 11 is 8.32. The van der Waals surface area contributed by atoms with E-state index in [4.69, 9.17) is 21.7 Å². The van der Waals surface area contributed by atoms with Crippen molar-refractivity contribution < 1.29 is 19.1 Å². The second-order valence-corrected chi connectivity index (χ2v) is 7.14. The van der Waals surface area contributed by atoms with Crippen LogP contribution in [-0.4, -0.2) is 30.1 Å². The number of rotatable bonds is 6. The summed E-state index contributed by atoms with van der Waals surface area (Å²) in [6.07, 6.45) is 0. The first-order valence-electron chi connectivity index (χ1n) is 8.30. The fourth-order valence-corrected chi connectivity index (χ4v) is 2.85. The van der Waals surface area contributed by atoms with E-state index in [1.165, 1.54) is 0 Å². The summed E-state index contributed by atoms with van der Waals surface area (Å²) < 4.78 is 11.5. The Morgan fingerprint density at radius 2 is 1.68 bits per heavy atom. The number of halogens is 1. The van der Waals surface area contributed by atoms with Crippen LogP contribution < -0.4 is 25.6 Å². The molecule has 0 aliphatic carbocycles. The minimum Gasteiger partial charge on any atom is -0.484 e. The number of carbonyl (C=O) groups is 2. The Kier molecular flexibility index (Phi) is 8.21. The molecular weight excluding hydrogens is 446 g/mol. The Balaban J connectivity index is 1.66. The van der Waals surface area contributed by atoms with Crippen LogP contribution >= 0.6 is 28.1 Å². The number of amides is 2. The van der Waals surface area contributed by atoms with Crippen LogP contribution in [0.2, 0.25) is 0 Å². The third-order valence-corrected chi connectivity index (χ3v) is 4.20. The highest BCUT2D eigenvalue weighted by molar-refractivity contribution is 9.10. The van der Waals surface area contributed by atoms with Crippen LogP contribution in [0.15, 0.2) is 46.9 Å². The number of benzene rings is 2. The fraction of sp³-hybridized carbons (Fsp3) is 0.211. The van der Waals surface area contributed by atoms with Crippen molar-refractivity contribution in [2.75, 3.05) is 13.2 Å². The summed E-state index contributed by atoms with van der Waals surface area (Å²) in [5.74, 6) is 0.222. The minimum atomic E-state index is -0.463. The number of nitrogens with one attached hydrogen (secondary N) is 3.